The lowest BCUT2D eigenvalue weighted by Gasteiger charge is -2.09. The number of aromatic hydroxyl groups is 1. The van der Waals surface area contributed by atoms with Crippen LogP contribution in [0, 0.1) is 0 Å². The zero-order valence-corrected chi connectivity index (χ0v) is 8.82. The molecule has 0 spiro atoms. The minimum absolute atomic E-state index is 0.132. The number of benzene rings is 1. The molecule has 82 valence electrons. The fourth-order valence-corrected chi connectivity index (χ4v) is 1.73. The predicted octanol–water partition coefficient (Wildman–Crippen LogP) is 1.70. The van der Waals surface area contributed by atoms with Crippen LogP contribution in [0.25, 0.3) is 0 Å². The molecule has 1 N–H and O–H groups in total. The van der Waals surface area contributed by atoms with E-state index in [0.29, 0.717) is 18.8 Å². The Morgan fingerprint density at radius 1 is 1.53 bits per heavy atom. The molecular weight excluding hydrogens is 196 g/mol. The minimum Gasteiger partial charge on any atom is -0.504 e. The summed E-state index contributed by atoms with van der Waals surface area (Å²) in [6, 6.07) is 3.29. The van der Waals surface area contributed by atoms with E-state index in [1.807, 2.05) is 6.92 Å². The molecule has 0 aliphatic carbocycles. The summed E-state index contributed by atoms with van der Waals surface area (Å²) in [6.07, 6.45) is 0.299. The van der Waals surface area contributed by atoms with Gasteiger partial charge in [-0.05, 0) is 19.1 Å². The van der Waals surface area contributed by atoms with Crippen molar-refractivity contribution >= 4 is 0 Å². The largest absolute Gasteiger partial charge is 0.504 e. The maximum atomic E-state index is 9.60. The van der Waals surface area contributed by atoms with Crippen LogP contribution in [0.5, 0.6) is 17.2 Å². The zero-order valence-electron chi connectivity index (χ0n) is 8.82. The van der Waals surface area contributed by atoms with E-state index < -0.39 is 0 Å². The number of phenols is 1. The molecule has 1 aliphatic rings. The molecule has 1 aromatic carbocycles. The molecule has 4 nitrogen and oxygen atoms in total. The monoisotopic (exact) mass is 210 g/mol. The summed E-state index contributed by atoms with van der Waals surface area (Å²) in [5.74, 6) is 1.34. The third-order valence-corrected chi connectivity index (χ3v) is 2.39. The molecule has 1 atom stereocenters. The van der Waals surface area contributed by atoms with Gasteiger partial charge in [0.2, 0.25) is 6.29 Å². The molecule has 1 aromatic rings. The van der Waals surface area contributed by atoms with Crippen LogP contribution in [0.3, 0.4) is 0 Å². The lowest BCUT2D eigenvalue weighted by molar-refractivity contribution is -0.0610. The third kappa shape index (κ3) is 1.72. The Bertz CT molecular complexity index is 362. The van der Waals surface area contributed by atoms with Crippen molar-refractivity contribution in [1.82, 2.24) is 0 Å². The lowest BCUT2D eigenvalue weighted by Crippen LogP contribution is -2.17. The highest BCUT2D eigenvalue weighted by atomic mass is 16.7. The van der Waals surface area contributed by atoms with Crippen LogP contribution in [0.1, 0.15) is 12.5 Å². The molecule has 1 aliphatic heterocycles. The van der Waals surface area contributed by atoms with E-state index in [9.17, 15) is 5.11 Å². The number of methoxy groups -OCH3 is 1. The average molecular weight is 210 g/mol. The van der Waals surface area contributed by atoms with Gasteiger partial charge >= 0.3 is 0 Å². The predicted molar refractivity (Wildman–Crippen MR) is 54.4 cm³/mol. The fourth-order valence-electron chi connectivity index (χ4n) is 1.73. The topological polar surface area (TPSA) is 47.9 Å². The molecule has 0 radical (unpaired) electrons. The van der Waals surface area contributed by atoms with Crippen molar-refractivity contribution < 1.29 is 19.3 Å². The Balaban J connectivity index is 2.30. The van der Waals surface area contributed by atoms with Crippen LogP contribution >= 0.6 is 0 Å². The highest BCUT2D eigenvalue weighted by Crippen LogP contribution is 2.42. The van der Waals surface area contributed by atoms with Crippen LogP contribution in [-0.2, 0) is 11.2 Å². The smallest absolute Gasteiger partial charge is 0.204 e. The second-order valence-electron chi connectivity index (χ2n) is 3.30. The minimum atomic E-state index is -0.313. The molecular formula is C11H14O4. The van der Waals surface area contributed by atoms with Gasteiger partial charge in [0.05, 0.1) is 7.11 Å². The Labute approximate surface area is 88.4 Å². The van der Waals surface area contributed by atoms with Crippen molar-refractivity contribution in [3.05, 3.63) is 17.7 Å². The number of hydrogen-bond donors (Lipinski definition) is 1. The van der Waals surface area contributed by atoms with Gasteiger partial charge < -0.3 is 19.3 Å². The molecule has 0 saturated carbocycles. The highest BCUT2D eigenvalue weighted by Gasteiger charge is 2.28. The molecule has 0 unspecified atom stereocenters. The average Bonchev–Trinajstić information content (AvgIpc) is 2.64. The fraction of sp³-hybridized carbons (Fsp3) is 0.455. The quantitative estimate of drug-likeness (QED) is 0.824. The summed E-state index contributed by atoms with van der Waals surface area (Å²) in [4.78, 5) is 0. The van der Waals surface area contributed by atoms with Crippen LogP contribution in [0.2, 0.25) is 0 Å². The van der Waals surface area contributed by atoms with E-state index in [-0.39, 0.29) is 12.0 Å². The van der Waals surface area contributed by atoms with E-state index in [4.69, 9.17) is 14.2 Å². The van der Waals surface area contributed by atoms with E-state index >= 15 is 0 Å². The van der Waals surface area contributed by atoms with Gasteiger partial charge in [0.1, 0.15) is 5.75 Å². The van der Waals surface area contributed by atoms with Crippen molar-refractivity contribution in [2.24, 2.45) is 0 Å². The Kier molecular flexibility index (Phi) is 2.68. The summed E-state index contributed by atoms with van der Waals surface area (Å²) in [5, 5.41) is 9.60. The maximum absolute atomic E-state index is 9.60. The maximum Gasteiger partial charge on any atom is 0.204 e. The summed E-state index contributed by atoms with van der Waals surface area (Å²) >= 11 is 0. The number of rotatable bonds is 3. The highest BCUT2D eigenvalue weighted by molar-refractivity contribution is 5.55. The normalized spacial score (nSPS) is 18.4. The summed E-state index contributed by atoms with van der Waals surface area (Å²) in [6.45, 7) is 2.49. The summed E-state index contributed by atoms with van der Waals surface area (Å²) in [5.41, 5.74) is 0.871. The van der Waals surface area contributed by atoms with Gasteiger partial charge in [0.15, 0.2) is 11.5 Å². The molecule has 4 heteroatoms. The first-order valence-corrected chi connectivity index (χ1v) is 4.93. The van der Waals surface area contributed by atoms with Gasteiger partial charge in [0, 0.05) is 18.6 Å². The van der Waals surface area contributed by atoms with Gasteiger partial charge in [0.25, 0.3) is 0 Å². The van der Waals surface area contributed by atoms with Gasteiger partial charge in [-0.2, -0.15) is 0 Å². The Morgan fingerprint density at radius 3 is 3.00 bits per heavy atom. The molecule has 0 saturated heterocycles. The molecule has 15 heavy (non-hydrogen) atoms. The zero-order chi connectivity index (χ0) is 10.8. The van der Waals surface area contributed by atoms with Crippen molar-refractivity contribution in [1.29, 1.82) is 0 Å². The lowest BCUT2D eigenvalue weighted by atomic mass is 10.1. The number of phenolic OH excluding ortho intramolecular Hbond substituents is 1. The second kappa shape index (κ2) is 3.98. The van der Waals surface area contributed by atoms with Crippen LogP contribution in [-0.4, -0.2) is 25.1 Å². The standard InChI is InChI=1S/C11H14O4/c1-3-14-10-6-7-9(13-2)5-4-8(12)11(7)15-10/h4-5,10,12H,3,6H2,1-2H3/t10-/m1/s1. The van der Waals surface area contributed by atoms with E-state index in [2.05, 4.69) is 0 Å². The summed E-state index contributed by atoms with van der Waals surface area (Å²) < 4.78 is 16.0. The van der Waals surface area contributed by atoms with Gasteiger partial charge in [-0.15, -0.1) is 0 Å². The van der Waals surface area contributed by atoms with E-state index in [1.54, 1.807) is 19.2 Å². The SMILES string of the molecule is CCO[C@H]1Cc2c(OC)ccc(O)c2O1. The number of hydrogen-bond acceptors (Lipinski definition) is 4. The van der Waals surface area contributed by atoms with E-state index in [1.165, 1.54) is 0 Å². The Morgan fingerprint density at radius 2 is 2.33 bits per heavy atom. The molecule has 1 heterocycles. The summed E-state index contributed by atoms with van der Waals surface area (Å²) in [7, 11) is 1.60. The third-order valence-electron chi connectivity index (χ3n) is 2.39. The van der Waals surface area contributed by atoms with Crippen LogP contribution in [0.15, 0.2) is 12.1 Å². The number of fused-ring (bicyclic) bond motifs is 1. The molecule has 0 amide bonds. The second-order valence-corrected chi connectivity index (χ2v) is 3.30. The molecule has 2 rings (SSSR count). The first-order valence-electron chi connectivity index (χ1n) is 4.93. The van der Waals surface area contributed by atoms with Crippen molar-refractivity contribution in [3.63, 3.8) is 0 Å². The molecule has 0 fully saturated rings. The number of ether oxygens (including phenoxy) is 3. The van der Waals surface area contributed by atoms with Crippen molar-refractivity contribution in [2.75, 3.05) is 13.7 Å². The van der Waals surface area contributed by atoms with Crippen molar-refractivity contribution in [2.45, 2.75) is 19.6 Å². The van der Waals surface area contributed by atoms with Gasteiger partial charge in [-0.25, -0.2) is 0 Å². The molecule has 0 bridgehead atoms. The first kappa shape index (κ1) is 10.1. The van der Waals surface area contributed by atoms with Crippen LogP contribution < -0.4 is 9.47 Å². The van der Waals surface area contributed by atoms with E-state index in [0.717, 1.165) is 11.3 Å². The first-order chi connectivity index (χ1) is 7.26. The Hall–Kier alpha value is -1.42. The van der Waals surface area contributed by atoms with Crippen LogP contribution in [0.4, 0.5) is 0 Å². The van der Waals surface area contributed by atoms with Gasteiger partial charge in [-0.3, -0.25) is 0 Å². The van der Waals surface area contributed by atoms with Crippen molar-refractivity contribution in [3.8, 4) is 17.2 Å². The molecule has 0 aromatic heterocycles. The van der Waals surface area contributed by atoms with Gasteiger partial charge in [-0.1, -0.05) is 0 Å².